The van der Waals surface area contributed by atoms with E-state index in [9.17, 15) is 14.4 Å². The number of esters is 1. The minimum atomic E-state index is -0.628. The fraction of sp³-hybridized carbons (Fsp3) is 0.286. The van der Waals surface area contributed by atoms with Crippen molar-refractivity contribution < 1.29 is 23.9 Å². The largest absolute Gasteiger partial charge is 0.489 e. The Morgan fingerprint density at radius 2 is 1.62 bits per heavy atom. The summed E-state index contributed by atoms with van der Waals surface area (Å²) in [4.78, 5) is 35.2. The number of halogens is 1. The number of hydrogen-bond donors (Lipinski definition) is 2. The minimum Gasteiger partial charge on any atom is -0.489 e. The fourth-order valence-corrected chi connectivity index (χ4v) is 2.38. The molecule has 0 bridgehead atoms. The van der Waals surface area contributed by atoms with Crippen molar-refractivity contribution in [3.8, 4) is 5.75 Å². The summed E-state index contributed by atoms with van der Waals surface area (Å²) in [5.74, 6) is -0.802. The molecule has 0 heterocycles. The van der Waals surface area contributed by atoms with Gasteiger partial charge in [-0.25, -0.2) is 4.79 Å². The van der Waals surface area contributed by atoms with Gasteiger partial charge in [-0.3, -0.25) is 9.59 Å². The van der Waals surface area contributed by atoms with Crippen LogP contribution in [-0.2, 0) is 20.9 Å². The normalized spacial score (nSPS) is 10.3. The lowest BCUT2D eigenvalue weighted by Crippen LogP contribution is -2.41. The molecule has 7 nitrogen and oxygen atoms in total. The van der Waals surface area contributed by atoms with E-state index in [1.54, 1.807) is 48.5 Å². The number of rotatable bonds is 9. The van der Waals surface area contributed by atoms with Crippen LogP contribution in [0, 0.1) is 0 Å². The molecule has 2 N–H and O–H groups in total. The molecule has 2 amide bonds. The van der Waals surface area contributed by atoms with Gasteiger partial charge in [0.05, 0.1) is 12.1 Å². The van der Waals surface area contributed by atoms with Crippen LogP contribution in [0.4, 0.5) is 0 Å². The number of amides is 2. The zero-order valence-corrected chi connectivity index (χ0v) is 17.0. The molecule has 0 saturated heterocycles. The lowest BCUT2D eigenvalue weighted by Gasteiger charge is -2.10. The summed E-state index contributed by atoms with van der Waals surface area (Å²) in [6.07, 6.45) is 0. The Bertz CT molecular complexity index is 835. The molecular weight excluding hydrogens is 396 g/mol. The SMILES string of the molecule is CC(C)NC(=O)CNC(=O)COC(=O)c1ccc(COc2ccc(Cl)cc2)cc1. The van der Waals surface area contributed by atoms with E-state index in [0.717, 1.165) is 5.56 Å². The van der Waals surface area contributed by atoms with Crippen LogP contribution in [0.25, 0.3) is 0 Å². The summed E-state index contributed by atoms with van der Waals surface area (Å²) in [5.41, 5.74) is 1.18. The van der Waals surface area contributed by atoms with Crippen molar-refractivity contribution in [1.82, 2.24) is 10.6 Å². The molecule has 29 heavy (non-hydrogen) atoms. The third-order valence-corrected chi connectivity index (χ3v) is 3.89. The Balaban J connectivity index is 1.74. The molecule has 0 radical (unpaired) electrons. The molecule has 0 aromatic heterocycles. The van der Waals surface area contributed by atoms with E-state index in [4.69, 9.17) is 21.1 Å². The molecule has 0 aliphatic heterocycles. The van der Waals surface area contributed by atoms with Crippen molar-refractivity contribution in [2.24, 2.45) is 0 Å². The first kappa shape index (κ1) is 22.2. The van der Waals surface area contributed by atoms with Gasteiger partial charge in [-0.1, -0.05) is 23.7 Å². The van der Waals surface area contributed by atoms with Gasteiger partial charge in [0.15, 0.2) is 6.61 Å². The molecule has 0 saturated carbocycles. The topological polar surface area (TPSA) is 93.7 Å². The van der Waals surface area contributed by atoms with E-state index in [1.165, 1.54) is 0 Å². The molecular formula is C21H23ClN2O5. The van der Waals surface area contributed by atoms with Gasteiger partial charge in [0.25, 0.3) is 5.91 Å². The quantitative estimate of drug-likeness (QED) is 0.611. The van der Waals surface area contributed by atoms with Gasteiger partial charge in [0.1, 0.15) is 12.4 Å². The second-order valence-corrected chi connectivity index (χ2v) is 6.95. The molecule has 2 rings (SSSR count). The summed E-state index contributed by atoms with van der Waals surface area (Å²) >= 11 is 5.83. The standard InChI is InChI=1S/C21H23ClN2O5/c1-14(2)24-19(25)11-23-20(26)13-29-21(27)16-5-3-15(4-6-16)12-28-18-9-7-17(22)8-10-18/h3-10,14H,11-13H2,1-2H3,(H,23,26)(H,24,25). The first-order chi connectivity index (χ1) is 13.8. The summed E-state index contributed by atoms with van der Waals surface area (Å²) in [7, 11) is 0. The van der Waals surface area contributed by atoms with Crippen molar-refractivity contribution >= 4 is 29.4 Å². The van der Waals surface area contributed by atoms with E-state index in [0.29, 0.717) is 22.9 Å². The van der Waals surface area contributed by atoms with Gasteiger partial charge >= 0.3 is 5.97 Å². The molecule has 0 atom stereocenters. The molecule has 0 spiro atoms. The molecule has 0 unspecified atom stereocenters. The predicted octanol–water partition coefficient (Wildman–Crippen LogP) is 2.72. The van der Waals surface area contributed by atoms with E-state index in [2.05, 4.69) is 10.6 Å². The summed E-state index contributed by atoms with van der Waals surface area (Å²) < 4.78 is 10.6. The highest BCUT2D eigenvalue weighted by molar-refractivity contribution is 6.30. The zero-order chi connectivity index (χ0) is 21.2. The molecule has 0 fully saturated rings. The van der Waals surface area contributed by atoms with E-state index >= 15 is 0 Å². The Morgan fingerprint density at radius 3 is 2.24 bits per heavy atom. The average molecular weight is 419 g/mol. The Hall–Kier alpha value is -3.06. The van der Waals surface area contributed by atoms with Gasteiger partial charge in [-0.05, 0) is 55.8 Å². The van der Waals surface area contributed by atoms with Crippen LogP contribution in [0.2, 0.25) is 5.02 Å². The Labute approximate surface area is 174 Å². The van der Waals surface area contributed by atoms with Gasteiger partial charge in [-0.2, -0.15) is 0 Å². The van der Waals surface area contributed by atoms with E-state index < -0.39 is 18.5 Å². The molecule has 8 heteroatoms. The lowest BCUT2D eigenvalue weighted by molar-refractivity contribution is -0.128. The van der Waals surface area contributed by atoms with Crippen LogP contribution >= 0.6 is 11.6 Å². The number of benzene rings is 2. The van der Waals surface area contributed by atoms with Crippen molar-refractivity contribution in [3.63, 3.8) is 0 Å². The van der Waals surface area contributed by atoms with Gasteiger partial charge in [-0.15, -0.1) is 0 Å². The molecule has 2 aromatic rings. The van der Waals surface area contributed by atoms with E-state index in [1.807, 2.05) is 13.8 Å². The highest BCUT2D eigenvalue weighted by Crippen LogP contribution is 2.17. The van der Waals surface area contributed by atoms with Crippen molar-refractivity contribution in [1.29, 1.82) is 0 Å². The van der Waals surface area contributed by atoms with Crippen LogP contribution in [-0.4, -0.2) is 37.0 Å². The molecule has 154 valence electrons. The number of ether oxygens (including phenoxy) is 2. The molecule has 2 aromatic carbocycles. The second-order valence-electron chi connectivity index (χ2n) is 6.51. The highest BCUT2D eigenvalue weighted by atomic mass is 35.5. The van der Waals surface area contributed by atoms with Gasteiger partial charge in [0, 0.05) is 11.1 Å². The van der Waals surface area contributed by atoms with E-state index in [-0.39, 0.29) is 18.5 Å². The second kappa shape index (κ2) is 11.1. The van der Waals surface area contributed by atoms with Crippen LogP contribution in [0.5, 0.6) is 5.75 Å². The summed E-state index contributed by atoms with van der Waals surface area (Å²) in [6.45, 7) is 3.33. The third-order valence-electron chi connectivity index (χ3n) is 3.64. The van der Waals surface area contributed by atoms with Crippen LogP contribution < -0.4 is 15.4 Å². The van der Waals surface area contributed by atoms with Crippen LogP contribution in [0.15, 0.2) is 48.5 Å². The first-order valence-electron chi connectivity index (χ1n) is 9.04. The maximum absolute atomic E-state index is 12.0. The number of carbonyl (C=O) groups is 3. The van der Waals surface area contributed by atoms with Gasteiger partial charge < -0.3 is 20.1 Å². The lowest BCUT2D eigenvalue weighted by atomic mass is 10.1. The summed E-state index contributed by atoms with van der Waals surface area (Å²) in [6, 6.07) is 13.7. The zero-order valence-electron chi connectivity index (χ0n) is 16.2. The molecule has 0 aliphatic rings. The van der Waals surface area contributed by atoms with Crippen molar-refractivity contribution in [2.75, 3.05) is 13.2 Å². The maximum Gasteiger partial charge on any atom is 0.338 e. The average Bonchev–Trinajstić information content (AvgIpc) is 2.70. The minimum absolute atomic E-state index is 0.0169. The van der Waals surface area contributed by atoms with Crippen molar-refractivity contribution in [2.45, 2.75) is 26.5 Å². The number of carbonyl (C=O) groups excluding carboxylic acids is 3. The van der Waals surface area contributed by atoms with Crippen LogP contribution in [0.1, 0.15) is 29.8 Å². The van der Waals surface area contributed by atoms with Crippen molar-refractivity contribution in [3.05, 3.63) is 64.7 Å². The monoisotopic (exact) mass is 418 g/mol. The Morgan fingerprint density at radius 1 is 0.966 bits per heavy atom. The number of nitrogens with one attached hydrogen (secondary N) is 2. The first-order valence-corrected chi connectivity index (χ1v) is 9.42. The Kier molecular flexibility index (Phi) is 8.48. The fourth-order valence-electron chi connectivity index (χ4n) is 2.25. The van der Waals surface area contributed by atoms with Crippen LogP contribution in [0.3, 0.4) is 0 Å². The maximum atomic E-state index is 12.0. The molecule has 0 aliphatic carbocycles. The van der Waals surface area contributed by atoms with Gasteiger partial charge in [0.2, 0.25) is 5.91 Å². The smallest absolute Gasteiger partial charge is 0.338 e. The predicted molar refractivity (Wildman–Crippen MR) is 109 cm³/mol. The summed E-state index contributed by atoms with van der Waals surface area (Å²) in [5, 5.41) is 5.66. The third kappa shape index (κ3) is 8.23. The highest BCUT2D eigenvalue weighted by Gasteiger charge is 2.11. The number of hydrogen-bond acceptors (Lipinski definition) is 5.